The van der Waals surface area contributed by atoms with Crippen molar-refractivity contribution < 1.29 is 14.3 Å². The molecule has 0 unspecified atom stereocenters. The minimum Gasteiger partial charge on any atom is -0.490 e. The first-order valence-corrected chi connectivity index (χ1v) is 11.3. The van der Waals surface area contributed by atoms with E-state index < -0.39 is 0 Å². The maximum Gasteiger partial charge on any atom is 0.244 e. The first-order chi connectivity index (χ1) is 16.0. The van der Waals surface area contributed by atoms with Gasteiger partial charge in [0, 0.05) is 4.47 Å². The van der Waals surface area contributed by atoms with Crippen molar-refractivity contribution in [2.45, 2.75) is 20.0 Å². The van der Waals surface area contributed by atoms with Crippen molar-refractivity contribution in [2.75, 3.05) is 6.61 Å². The van der Waals surface area contributed by atoms with Crippen LogP contribution in [-0.4, -0.2) is 18.7 Å². The summed E-state index contributed by atoms with van der Waals surface area (Å²) in [5.41, 5.74) is 5.53. The highest BCUT2D eigenvalue weighted by atomic mass is 79.9. The van der Waals surface area contributed by atoms with Crippen LogP contribution < -0.4 is 14.9 Å². The van der Waals surface area contributed by atoms with Gasteiger partial charge in [-0.2, -0.15) is 10.4 Å². The third-order valence-electron chi connectivity index (χ3n) is 4.48. The van der Waals surface area contributed by atoms with Gasteiger partial charge < -0.3 is 9.47 Å². The Kier molecular flexibility index (Phi) is 8.87. The van der Waals surface area contributed by atoms with Gasteiger partial charge in [0.2, 0.25) is 5.91 Å². The molecular formula is C25H21BrClN3O3. The van der Waals surface area contributed by atoms with Crippen LogP contribution >= 0.6 is 27.5 Å². The summed E-state index contributed by atoms with van der Waals surface area (Å²) >= 11 is 9.81. The van der Waals surface area contributed by atoms with Crippen molar-refractivity contribution >= 4 is 39.7 Å². The predicted molar refractivity (Wildman–Crippen MR) is 132 cm³/mol. The number of nitrogens with one attached hydrogen (secondary N) is 1. The molecule has 0 aliphatic carbocycles. The Morgan fingerprint density at radius 3 is 2.48 bits per heavy atom. The Morgan fingerprint density at radius 2 is 1.82 bits per heavy atom. The highest BCUT2D eigenvalue weighted by Gasteiger charge is 2.13. The van der Waals surface area contributed by atoms with Crippen LogP contribution in [0.2, 0.25) is 5.02 Å². The van der Waals surface area contributed by atoms with Crippen LogP contribution in [0.3, 0.4) is 0 Å². The largest absolute Gasteiger partial charge is 0.490 e. The number of halogens is 2. The number of ether oxygens (including phenoxy) is 2. The fraction of sp³-hybridized carbons (Fsp3) is 0.160. The molecule has 0 aliphatic rings. The van der Waals surface area contributed by atoms with E-state index in [1.807, 2.05) is 43.3 Å². The molecule has 1 amide bonds. The Balaban J connectivity index is 1.65. The zero-order valence-electron chi connectivity index (χ0n) is 17.8. The minimum atomic E-state index is -0.230. The van der Waals surface area contributed by atoms with Crippen molar-refractivity contribution in [3.63, 3.8) is 0 Å². The number of hydrogen-bond donors (Lipinski definition) is 1. The van der Waals surface area contributed by atoms with E-state index in [9.17, 15) is 4.79 Å². The van der Waals surface area contributed by atoms with Gasteiger partial charge in [0.05, 0.1) is 35.9 Å². The van der Waals surface area contributed by atoms with E-state index in [0.717, 1.165) is 15.6 Å². The second-order valence-electron chi connectivity index (χ2n) is 6.96. The van der Waals surface area contributed by atoms with Crippen LogP contribution in [0.25, 0.3) is 0 Å². The van der Waals surface area contributed by atoms with E-state index in [4.69, 9.17) is 26.3 Å². The molecule has 6 nitrogen and oxygen atoms in total. The summed E-state index contributed by atoms with van der Waals surface area (Å²) in [7, 11) is 0. The molecule has 3 aromatic carbocycles. The third-order valence-corrected chi connectivity index (χ3v) is 5.29. The second-order valence-corrected chi connectivity index (χ2v) is 8.28. The van der Waals surface area contributed by atoms with E-state index in [1.54, 1.807) is 24.3 Å². The molecule has 0 radical (unpaired) electrons. The molecular weight excluding hydrogens is 506 g/mol. The Bertz CT molecular complexity index is 1170. The van der Waals surface area contributed by atoms with E-state index in [2.05, 4.69) is 32.5 Å². The maximum atomic E-state index is 12.1. The standard InChI is InChI=1S/C25H21BrClN3O3/c1-2-32-23-12-20(15-29-30-24(31)13-17-7-9-21(26)10-8-17)11-22(27)25(23)33-16-19-5-3-18(14-28)4-6-19/h3-12,15H,2,13,16H2,1H3,(H,30,31)/b29-15-. The van der Waals surface area contributed by atoms with Crippen LogP contribution in [0.15, 0.2) is 70.2 Å². The first kappa shape index (κ1) is 24.3. The molecule has 0 spiro atoms. The molecule has 0 aliphatic heterocycles. The van der Waals surface area contributed by atoms with E-state index in [-0.39, 0.29) is 18.9 Å². The number of hydrazone groups is 1. The van der Waals surface area contributed by atoms with E-state index >= 15 is 0 Å². The van der Waals surface area contributed by atoms with Crippen LogP contribution in [-0.2, 0) is 17.8 Å². The second kappa shape index (κ2) is 12.0. The van der Waals surface area contributed by atoms with Gasteiger partial charge in [0.1, 0.15) is 6.61 Å². The van der Waals surface area contributed by atoms with Gasteiger partial charge in [-0.15, -0.1) is 0 Å². The van der Waals surface area contributed by atoms with Gasteiger partial charge in [0.25, 0.3) is 0 Å². The monoisotopic (exact) mass is 525 g/mol. The van der Waals surface area contributed by atoms with Crippen LogP contribution in [0.1, 0.15) is 29.2 Å². The first-order valence-electron chi connectivity index (χ1n) is 10.1. The van der Waals surface area contributed by atoms with Gasteiger partial charge in [-0.05, 0) is 60.0 Å². The zero-order valence-corrected chi connectivity index (χ0v) is 20.2. The smallest absolute Gasteiger partial charge is 0.244 e. The Hall–Kier alpha value is -3.34. The van der Waals surface area contributed by atoms with Crippen molar-refractivity contribution in [3.8, 4) is 17.6 Å². The average Bonchev–Trinajstić information content (AvgIpc) is 2.80. The number of nitriles is 1. The number of hydrogen-bond acceptors (Lipinski definition) is 5. The van der Waals surface area contributed by atoms with Gasteiger partial charge in [0.15, 0.2) is 11.5 Å². The summed E-state index contributed by atoms with van der Waals surface area (Å²) in [6.07, 6.45) is 1.72. The molecule has 0 heterocycles. The fourth-order valence-electron chi connectivity index (χ4n) is 2.90. The summed E-state index contributed by atoms with van der Waals surface area (Å²) in [6, 6.07) is 20.1. The molecule has 0 aromatic heterocycles. The van der Waals surface area contributed by atoms with Crippen molar-refractivity contribution in [1.82, 2.24) is 5.43 Å². The molecule has 0 atom stereocenters. The molecule has 0 saturated carbocycles. The Labute approximate surface area is 205 Å². The summed E-state index contributed by atoms with van der Waals surface area (Å²) in [5, 5.41) is 13.3. The number of rotatable bonds is 9. The quantitative estimate of drug-likeness (QED) is 0.289. The van der Waals surface area contributed by atoms with Crippen molar-refractivity contribution in [2.24, 2.45) is 5.10 Å². The lowest BCUT2D eigenvalue weighted by Crippen LogP contribution is -2.19. The normalized spacial score (nSPS) is 10.6. The summed E-state index contributed by atoms with van der Waals surface area (Å²) < 4.78 is 12.5. The van der Waals surface area contributed by atoms with Gasteiger partial charge in [-0.25, -0.2) is 5.43 Å². The lowest BCUT2D eigenvalue weighted by Gasteiger charge is -2.14. The molecule has 8 heteroatoms. The van der Waals surface area contributed by atoms with Crippen LogP contribution in [0.5, 0.6) is 11.5 Å². The van der Waals surface area contributed by atoms with E-state index in [1.165, 1.54) is 6.21 Å². The SMILES string of the molecule is CCOc1cc(/C=N\NC(=O)Cc2ccc(Br)cc2)cc(Cl)c1OCc1ccc(C#N)cc1. The lowest BCUT2D eigenvalue weighted by molar-refractivity contribution is -0.120. The molecule has 168 valence electrons. The van der Waals surface area contributed by atoms with Crippen LogP contribution in [0, 0.1) is 11.3 Å². The van der Waals surface area contributed by atoms with Crippen molar-refractivity contribution in [3.05, 3.63) is 92.4 Å². The maximum absolute atomic E-state index is 12.1. The number of nitrogens with zero attached hydrogens (tertiary/aromatic N) is 2. The molecule has 0 saturated heterocycles. The van der Waals surface area contributed by atoms with E-state index in [0.29, 0.717) is 34.3 Å². The Morgan fingerprint density at radius 1 is 1.12 bits per heavy atom. The minimum absolute atomic E-state index is 0.220. The molecule has 3 rings (SSSR count). The summed E-state index contributed by atoms with van der Waals surface area (Å²) in [5.74, 6) is 0.660. The van der Waals surface area contributed by atoms with Gasteiger partial charge in [-0.3, -0.25) is 4.79 Å². The summed E-state index contributed by atoms with van der Waals surface area (Å²) in [6.45, 7) is 2.56. The predicted octanol–water partition coefficient (Wildman–Crippen LogP) is 5.64. The topological polar surface area (TPSA) is 83.7 Å². The van der Waals surface area contributed by atoms with Gasteiger partial charge >= 0.3 is 0 Å². The summed E-state index contributed by atoms with van der Waals surface area (Å²) in [4.78, 5) is 12.1. The number of carbonyl (C=O) groups is 1. The molecule has 0 fully saturated rings. The zero-order chi connectivity index (χ0) is 23.6. The average molecular weight is 527 g/mol. The highest BCUT2D eigenvalue weighted by Crippen LogP contribution is 2.37. The molecule has 33 heavy (non-hydrogen) atoms. The number of benzene rings is 3. The fourth-order valence-corrected chi connectivity index (χ4v) is 3.44. The number of amides is 1. The van der Waals surface area contributed by atoms with Crippen molar-refractivity contribution in [1.29, 1.82) is 5.26 Å². The molecule has 3 aromatic rings. The van der Waals surface area contributed by atoms with Gasteiger partial charge in [-0.1, -0.05) is 51.8 Å². The highest BCUT2D eigenvalue weighted by molar-refractivity contribution is 9.10. The van der Waals surface area contributed by atoms with Crippen LogP contribution in [0.4, 0.5) is 0 Å². The third kappa shape index (κ3) is 7.35. The number of carbonyl (C=O) groups excluding carboxylic acids is 1. The molecule has 0 bridgehead atoms. The molecule has 1 N–H and O–H groups in total. The lowest BCUT2D eigenvalue weighted by atomic mass is 10.1.